The van der Waals surface area contributed by atoms with Crippen molar-refractivity contribution in [1.29, 1.82) is 0 Å². The van der Waals surface area contributed by atoms with Crippen LogP contribution < -0.4 is 4.90 Å². The highest BCUT2D eigenvalue weighted by molar-refractivity contribution is 5.78. The summed E-state index contributed by atoms with van der Waals surface area (Å²) < 4.78 is 11.4. The van der Waals surface area contributed by atoms with Gasteiger partial charge in [0, 0.05) is 12.8 Å². The fraction of sp³-hybridized carbons (Fsp3) is 0.588. The van der Waals surface area contributed by atoms with Gasteiger partial charge in [0.15, 0.2) is 0 Å². The van der Waals surface area contributed by atoms with Gasteiger partial charge in [-0.25, -0.2) is 0 Å². The average Bonchev–Trinajstić information content (AvgIpc) is 3.27. The maximum Gasteiger partial charge on any atom is 0.316 e. The molecule has 3 heterocycles. The first-order valence-corrected chi connectivity index (χ1v) is 8.04. The van der Waals surface area contributed by atoms with Gasteiger partial charge >= 0.3 is 5.97 Å². The quantitative estimate of drug-likeness (QED) is 0.581. The van der Waals surface area contributed by atoms with Crippen LogP contribution in [0.5, 0.6) is 0 Å². The molecule has 3 fully saturated rings. The van der Waals surface area contributed by atoms with Crippen molar-refractivity contribution < 1.29 is 24.3 Å². The summed E-state index contributed by atoms with van der Waals surface area (Å²) in [5.41, 5.74) is 0.808. The predicted octanol–water partition coefficient (Wildman–Crippen LogP) is -0.499. The number of likely N-dealkylation sites (N-methyl/N-ethyl adjacent to an activating group) is 1. The minimum Gasteiger partial charge on any atom is -0.461 e. The summed E-state index contributed by atoms with van der Waals surface area (Å²) >= 11 is 0. The molecule has 4 unspecified atom stereocenters. The molecule has 1 aromatic rings. The first-order valence-electron chi connectivity index (χ1n) is 8.04. The standard InChI is InChI=1S/C17H21NO4/c1-18-13-7-11(8-14(18)16-15(13)22-16)21-17(20)12(9-19)10-5-3-2-4-6-10/h2-6,11-16,19H,7-9H2,1H3/p+1/t11?,12-,13+,14?,15-,16?/m1/s1. The Morgan fingerprint density at radius 2 is 1.95 bits per heavy atom. The van der Waals surface area contributed by atoms with Crippen LogP contribution in [0.1, 0.15) is 24.3 Å². The summed E-state index contributed by atoms with van der Waals surface area (Å²) in [6.07, 6.45) is 2.43. The van der Waals surface area contributed by atoms with Crippen molar-refractivity contribution >= 4 is 5.97 Å². The van der Waals surface area contributed by atoms with E-state index in [1.54, 1.807) is 0 Å². The van der Waals surface area contributed by atoms with Gasteiger partial charge < -0.3 is 19.5 Å². The predicted molar refractivity (Wildman–Crippen MR) is 78.5 cm³/mol. The summed E-state index contributed by atoms with van der Waals surface area (Å²) in [6, 6.07) is 10.2. The Hall–Kier alpha value is -1.43. The molecule has 0 radical (unpaired) electrons. The monoisotopic (exact) mass is 304 g/mol. The van der Waals surface area contributed by atoms with Gasteiger partial charge in [0.25, 0.3) is 0 Å². The van der Waals surface area contributed by atoms with E-state index in [-0.39, 0.29) is 18.7 Å². The molecule has 0 amide bonds. The summed E-state index contributed by atoms with van der Waals surface area (Å²) in [7, 11) is 2.21. The number of hydrogen-bond donors (Lipinski definition) is 2. The lowest BCUT2D eigenvalue weighted by atomic mass is 9.97. The zero-order valence-corrected chi connectivity index (χ0v) is 12.6. The lowest BCUT2D eigenvalue weighted by Gasteiger charge is -2.35. The summed E-state index contributed by atoms with van der Waals surface area (Å²) in [4.78, 5) is 14.0. The van der Waals surface area contributed by atoms with Crippen LogP contribution in [-0.2, 0) is 14.3 Å². The van der Waals surface area contributed by atoms with E-state index in [0.717, 1.165) is 18.4 Å². The summed E-state index contributed by atoms with van der Waals surface area (Å²) in [5.74, 6) is -0.899. The molecule has 3 aliphatic rings. The van der Waals surface area contributed by atoms with E-state index in [9.17, 15) is 9.90 Å². The second-order valence-electron chi connectivity index (χ2n) is 6.70. The van der Waals surface area contributed by atoms with Gasteiger partial charge in [-0.1, -0.05) is 30.3 Å². The third kappa shape index (κ3) is 2.24. The van der Waals surface area contributed by atoms with E-state index in [0.29, 0.717) is 24.3 Å². The number of morpholine rings is 1. The van der Waals surface area contributed by atoms with E-state index in [1.165, 1.54) is 4.90 Å². The van der Waals surface area contributed by atoms with Crippen molar-refractivity contribution in [2.24, 2.45) is 0 Å². The van der Waals surface area contributed by atoms with Crippen LogP contribution in [0.4, 0.5) is 0 Å². The third-order valence-corrected chi connectivity index (χ3v) is 5.51. The van der Waals surface area contributed by atoms with Crippen LogP contribution in [0.2, 0.25) is 0 Å². The van der Waals surface area contributed by atoms with E-state index in [1.807, 2.05) is 30.3 Å². The number of aliphatic hydroxyl groups is 1. The molecular weight excluding hydrogens is 282 g/mol. The number of epoxide rings is 1. The lowest BCUT2D eigenvalue weighted by molar-refractivity contribution is -0.930. The zero-order chi connectivity index (χ0) is 15.3. The first-order chi connectivity index (χ1) is 10.7. The number of nitrogens with one attached hydrogen (secondary N) is 1. The Kier molecular flexibility index (Phi) is 3.44. The summed E-state index contributed by atoms with van der Waals surface area (Å²) in [5, 5.41) is 9.56. The molecule has 0 aromatic heterocycles. The number of rotatable bonds is 4. The number of esters is 1. The lowest BCUT2D eigenvalue weighted by Crippen LogP contribution is -3.17. The van der Waals surface area contributed by atoms with Crippen molar-refractivity contribution in [2.45, 2.75) is 49.2 Å². The topological polar surface area (TPSA) is 63.5 Å². The SMILES string of the molecule is C[NH+]1C2CC(OC(=O)[C@H](CO)c3ccccc3)C[C@H]1[C@H]1OC21. The molecule has 2 bridgehead atoms. The second-order valence-corrected chi connectivity index (χ2v) is 6.70. The van der Waals surface area contributed by atoms with Crippen LogP contribution in [0, 0.1) is 0 Å². The van der Waals surface area contributed by atoms with Crippen LogP contribution in [0.25, 0.3) is 0 Å². The number of fused-ring (bicyclic) bond motifs is 5. The van der Waals surface area contributed by atoms with Gasteiger partial charge in [-0.3, -0.25) is 4.79 Å². The minimum atomic E-state index is -0.586. The summed E-state index contributed by atoms with van der Waals surface area (Å²) in [6.45, 7) is -0.220. The highest BCUT2D eigenvalue weighted by Crippen LogP contribution is 2.39. The molecule has 22 heavy (non-hydrogen) atoms. The molecule has 3 saturated heterocycles. The van der Waals surface area contributed by atoms with Crippen molar-refractivity contribution in [3.63, 3.8) is 0 Å². The molecule has 3 aliphatic heterocycles. The maximum atomic E-state index is 12.4. The highest BCUT2D eigenvalue weighted by atomic mass is 16.6. The molecular formula is C17H22NO4+. The van der Waals surface area contributed by atoms with E-state index < -0.39 is 5.92 Å². The van der Waals surface area contributed by atoms with Gasteiger partial charge in [-0.2, -0.15) is 0 Å². The van der Waals surface area contributed by atoms with Crippen LogP contribution in [0.15, 0.2) is 30.3 Å². The second kappa shape index (κ2) is 5.33. The maximum absolute atomic E-state index is 12.4. The Labute approximate surface area is 129 Å². The third-order valence-electron chi connectivity index (χ3n) is 5.51. The first kappa shape index (κ1) is 14.2. The molecule has 5 heteroatoms. The number of aliphatic hydroxyl groups excluding tert-OH is 1. The van der Waals surface area contributed by atoms with Crippen molar-refractivity contribution in [3.05, 3.63) is 35.9 Å². The van der Waals surface area contributed by atoms with E-state index in [4.69, 9.17) is 9.47 Å². The van der Waals surface area contributed by atoms with Gasteiger partial charge in [0.1, 0.15) is 36.3 Å². The Bertz CT molecular complexity index is 545. The molecule has 5 nitrogen and oxygen atoms in total. The van der Waals surface area contributed by atoms with E-state index in [2.05, 4.69) is 7.05 Å². The number of carbonyl (C=O) groups is 1. The fourth-order valence-corrected chi connectivity index (χ4v) is 4.22. The van der Waals surface area contributed by atoms with Gasteiger partial charge in [-0.05, 0) is 5.56 Å². The number of ether oxygens (including phenoxy) is 2. The molecule has 1 aromatic carbocycles. The van der Waals surface area contributed by atoms with Gasteiger partial charge in [-0.15, -0.1) is 0 Å². The highest BCUT2D eigenvalue weighted by Gasteiger charge is 2.66. The Balaban J connectivity index is 1.42. The molecule has 0 spiro atoms. The van der Waals surface area contributed by atoms with Crippen molar-refractivity contribution in [1.82, 2.24) is 0 Å². The Morgan fingerprint density at radius 3 is 2.55 bits per heavy atom. The molecule has 7 atom stereocenters. The number of carbonyl (C=O) groups excluding carboxylic acids is 1. The normalized spacial score (nSPS) is 39.9. The number of piperidine rings is 1. The number of hydrogen-bond acceptors (Lipinski definition) is 4. The van der Waals surface area contributed by atoms with Crippen LogP contribution >= 0.6 is 0 Å². The molecule has 0 aliphatic carbocycles. The van der Waals surface area contributed by atoms with Crippen LogP contribution in [-0.4, -0.2) is 55.1 Å². The van der Waals surface area contributed by atoms with Gasteiger partial charge in [0.05, 0.1) is 13.7 Å². The zero-order valence-electron chi connectivity index (χ0n) is 12.6. The average molecular weight is 304 g/mol. The molecule has 118 valence electrons. The minimum absolute atomic E-state index is 0.0413. The molecule has 0 saturated carbocycles. The number of quaternary nitrogens is 1. The smallest absolute Gasteiger partial charge is 0.316 e. The van der Waals surface area contributed by atoms with Crippen molar-refractivity contribution in [2.75, 3.05) is 13.7 Å². The number of benzene rings is 1. The van der Waals surface area contributed by atoms with Crippen molar-refractivity contribution in [3.8, 4) is 0 Å². The van der Waals surface area contributed by atoms with E-state index >= 15 is 0 Å². The molecule has 2 N–H and O–H groups in total. The molecule has 4 rings (SSSR count). The Morgan fingerprint density at radius 1 is 1.32 bits per heavy atom. The fourth-order valence-electron chi connectivity index (χ4n) is 4.22. The van der Waals surface area contributed by atoms with Gasteiger partial charge in [0.2, 0.25) is 0 Å². The largest absolute Gasteiger partial charge is 0.461 e. The van der Waals surface area contributed by atoms with Crippen LogP contribution in [0.3, 0.4) is 0 Å².